The van der Waals surface area contributed by atoms with Crippen LogP contribution in [0.3, 0.4) is 0 Å². The average Bonchev–Trinajstić information content (AvgIpc) is 2.85. The third-order valence-electron chi connectivity index (χ3n) is 4.72. The fraction of sp³-hybridized carbons (Fsp3) is 0.0400. The van der Waals surface area contributed by atoms with E-state index in [1.807, 2.05) is 0 Å². The van der Waals surface area contributed by atoms with Crippen LogP contribution in [0.2, 0.25) is 0 Å². The molecule has 0 aliphatic heterocycles. The zero-order valence-electron chi connectivity index (χ0n) is 17.7. The monoisotopic (exact) mass is 440 g/mol. The van der Waals surface area contributed by atoms with Crippen molar-refractivity contribution in [1.82, 2.24) is 9.97 Å². The second kappa shape index (κ2) is 9.61. The first-order chi connectivity index (χ1) is 16.1. The highest BCUT2D eigenvalue weighted by atomic mass is 16.5. The summed E-state index contributed by atoms with van der Waals surface area (Å²) in [5.74, 6) is 1.36. The highest BCUT2D eigenvalue weighted by Crippen LogP contribution is 2.35. The Balaban J connectivity index is 1.58. The minimum atomic E-state index is -0.362. The fourth-order valence-electron chi connectivity index (χ4n) is 3.11. The number of benzene rings is 2. The molecule has 0 radical (unpaired) electrons. The van der Waals surface area contributed by atoms with Crippen LogP contribution in [0.15, 0.2) is 85.7 Å². The molecule has 0 spiro atoms. The molecule has 2 amide bonds. The molecule has 0 unspecified atom stereocenters. The Labute approximate surface area is 189 Å². The molecule has 4 rings (SSSR count). The van der Waals surface area contributed by atoms with Gasteiger partial charge in [-0.2, -0.15) is 0 Å². The molecule has 8 nitrogen and oxygen atoms in total. The molecule has 2 heterocycles. The molecule has 4 aromatic rings. The van der Waals surface area contributed by atoms with E-state index in [0.717, 1.165) is 0 Å². The predicted molar refractivity (Wildman–Crippen MR) is 126 cm³/mol. The van der Waals surface area contributed by atoms with Crippen molar-refractivity contribution in [2.45, 2.75) is 0 Å². The van der Waals surface area contributed by atoms with Crippen LogP contribution in [0.5, 0.6) is 17.2 Å². The van der Waals surface area contributed by atoms with Gasteiger partial charge in [0.2, 0.25) is 5.91 Å². The van der Waals surface area contributed by atoms with Gasteiger partial charge in [0, 0.05) is 29.4 Å². The number of fused-ring (bicyclic) bond motifs is 1. The molecule has 0 aliphatic carbocycles. The number of hydrogen-bond acceptors (Lipinski definition) is 6. The summed E-state index contributed by atoms with van der Waals surface area (Å²) in [5, 5.41) is 6.13. The molecule has 2 aromatic carbocycles. The molecule has 2 N–H and O–H groups in total. The average molecular weight is 440 g/mol. The summed E-state index contributed by atoms with van der Waals surface area (Å²) in [5.41, 5.74) is 1.56. The Kier molecular flexibility index (Phi) is 6.26. The van der Waals surface area contributed by atoms with Crippen molar-refractivity contribution in [2.75, 3.05) is 17.7 Å². The van der Waals surface area contributed by atoms with E-state index in [-0.39, 0.29) is 11.8 Å². The number of methoxy groups -OCH3 is 1. The summed E-state index contributed by atoms with van der Waals surface area (Å²) in [6.07, 6.45) is 4.40. The molecule has 2 aromatic heterocycles. The van der Waals surface area contributed by atoms with E-state index in [4.69, 9.17) is 9.47 Å². The smallest absolute Gasteiger partial charge is 0.256 e. The van der Waals surface area contributed by atoms with E-state index in [1.165, 1.54) is 13.2 Å². The Morgan fingerprint density at radius 1 is 0.939 bits per heavy atom. The molecule has 0 saturated heterocycles. The summed E-state index contributed by atoms with van der Waals surface area (Å²) in [7, 11) is 1.51. The molecule has 33 heavy (non-hydrogen) atoms. The van der Waals surface area contributed by atoms with Crippen LogP contribution in [0, 0.1) is 0 Å². The largest absolute Gasteiger partial charge is 0.494 e. The molecule has 0 aliphatic rings. The van der Waals surface area contributed by atoms with Gasteiger partial charge in [0.25, 0.3) is 5.91 Å². The van der Waals surface area contributed by atoms with Crippen LogP contribution in [0.1, 0.15) is 10.4 Å². The van der Waals surface area contributed by atoms with Crippen molar-refractivity contribution in [2.24, 2.45) is 0 Å². The number of carbonyl (C=O) groups excluding carboxylic acids is 2. The zero-order valence-corrected chi connectivity index (χ0v) is 17.7. The summed E-state index contributed by atoms with van der Waals surface area (Å²) < 4.78 is 11.4. The molecular formula is C25H20N4O4. The van der Waals surface area contributed by atoms with Crippen molar-refractivity contribution in [3.05, 3.63) is 91.3 Å². The van der Waals surface area contributed by atoms with Crippen molar-refractivity contribution < 1.29 is 19.1 Å². The van der Waals surface area contributed by atoms with Gasteiger partial charge >= 0.3 is 0 Å². The van der Waals surface area contributed by atoms with Gasteiger partial charge in [-0.3, -0.25) is 14.6 Å². The minimum absolute atomic E-state index is 0.274. The van der Waals surface area contributed by atoms with Crippen molar-refractivity contribution >= 4 is 34.2 Å². The Bertz CT molecular complexity index is 1320. The topological polar surface area (TPSA) is 102 Å². The van der Waals surface area contributed by atoms with E-state index >= 15 is 0 Å². The normalized spacial score (nSPS) is 10.3. The lowest BCUT2D eigenvalue weighted by Crippen LogP contribution is -2.12. The van der Waals surface area contributed by atoms with E-state index < -0.39 is 0 Å². The molecule has 0 atom stereocenters. The van der Waals surface area contributed by atoms with E-state index in [9.17, 15) is 9.59 Å². The number of ether oxygens (including phenoxy) is 2. The van der Waals surface area contributed by atoms with Crippen LogP contribution >= 0.6 is 0 Å². The molecule has 8 heteroatoms. The number of aromatic nitrogens is 2. The third kappa shape index (κ3) is 4.96. The highest BCUT2D eigenvalue weighted by Gasteiger charge is 2.13. The first-order valence-electron chi connectivity index (χ1n) is 9.98. The maximum atomic E-state index is 12.4. The summed E-state index contributed by atoms with van der Waals surface area (Å²) >= 11 is 0. The van der Waals surface area contributed by atoms with Gasteiger partial charge in [-0.15, -0.1) is 0 Å². The van der Waals surface area contributed by atoms with Crippen molar-refractivity contribution in [1.29, 1.82) is 0 Å². The van der Waals surface area contributed by atoms with E-state index in [0.29, 0.717) is 45.2 Å². The lowest BCUT2D eigenvalue weighted by Gasteiger charge is -2.13. The van der Waals surface area contributed by atoms with E-state index in [2.05, 4.69) is 27.2 Å². The minimum Gasteiger partial charge on any atom is -0.494 e. The lowest BCUT2D eigenvalue weighted by molar-refractivity contribution is -0.111. The first-order valence-corrected chi connectivity index (χ1v) is 9.98. The van der Waals surface area contributed by atoms with Crippen LogP contribution < -0.4 is 20.1 Å². The van der Waals surface area contributed by atoms with Crippen molar-refractivity contribution in [3.63, 3.8) is 0 Å². The Morgan fingerprint density at radius 2 is 1.76 bits per heavy atom. The van der Waals surface area contributed by atoms with Gasteiger partial charge in [-0.25, -0.2) is 4.98 Å². The van der Waals surface area contributed by atoms with E-state index in [1.54, 1.807) is 73.1 Å². The molecule has 0 bridgehead atoms. The molecule has 164 valence electrons. The summed E-state index contributed by atoms with van der Waals surface area (Å²) in [6.45, 7) is 3.47. The SMILES string of the molecule is C=CC(=O)Nc1cc2c(Oc3ccc(C(=O)Nc4ccccn4)cc3)ccnc2cc1OC. The van der Waals surface area contributed by atoms with Gasteiger partial charge < -0.3 is 20.1 Å². The number of rotatable bonds is 7. The maximum Gasteiger partial charge on any atom is 0.256 e. The van der Waals surface area contributed by atoms with Gasteiger partial charge in [0.15, 0.2) is 0 Å². The number of hydrogen-bond donors (Lipinski definition) is 2. The second-order valence-electron chi connectivity index (χ2n) is 6.87. The molecule has 0 fully saturated rings. The quantitative estimate of drug-likeness (QED) is 0.400. The number of amides is 2. The number of anilines is 2. The van der Waals surface area contributed by atoms with Crippen LogP contribution in [0.4, 0.5) is 11.5 Å². The number of nitrogens with zero attached hydrogens (tertiary/aromatic N) is 2. The molecular weight excluding hydrogens is 420 g/mol. The zero-order chi connectivity index (χ0) is 23.2. The standard InChI is InChI=1S/C25H20N4O4/c1-3-24(30)28-20-14-18-19(15-22(20)32-2)26-13-11-21(18)33-17-9-7-16(8-10-17)25(31)29-23-6-4-5-12-27-23/h3-15H,1H2,2H3,(H,28,30)(H,27,29,31). The number of nitrogens with one attached hydrogen (secondary N) is 2. The van der Waals surface area contributed by atoms with Crippen LogP contribution in [0.25, 0.3) is 10.9 Å². The Hall–Kier alpha value is -4.72. The predicted octanol–water partition coefficient (Wildman–Crippen LogP) is 4.81. The fourth-order valence-corrected chi connectivity index (χ4v) is 3.11. The van der Waals surface area contributed by atoms with Crippen LogP contribution in [-0.4, -0.2) is 28.9 Å². The van der Waals surface area contributed by atoms with Crippen LogP contribution in [-0.2, 0) is 4.79 Å². The number of carbonyl (C=O) groups is 2. The van der Waals surface area contributed by atoms with Crippen molar-refractivity contribution in [3.8, 4) is 17.2 Å². The van der Waals surface area contributed by atoms with Gasteiger partial charge in [0.1, 0.15) is 23.1 Å². The summed E-state index contributed by atoms with van der Waals surface area (Å²) in [4.78, 5) is 32.7. The lowest BCUT2D eigenvalue weighted by atomic mass is 10.1. The van der Waals surface area contributed by atoms with Gasteiger partial charge in [-0.05, 0) is 54.6 Å². The Morgan fingerprint density at radius 3 is 2.45 bits per heavy atom. The maximum absolute atomic E-state index is 12.4. The highest BCUT2D eigenvalue weighted by molar-refractivity contribution is 6.04. The third-order valence-corrected chi connectivity index (χ3v) is 4.72. The number of pyridine rings is 2. The first kappa shape index (κ1) is 21.5. The second-order valence-corrected chi connectivity index (χ2v) is 6.87. The van der Waals surface area contributed by atoms with Gasteiger partial charge in [-0.1, -0.05) is 12.6 Å². The summed E-state index contributed by atoms with van der Waals surface area (Å²) in [6, 6.07) is 17.2. The molecule has 0 saturated carbocycles. The van der Waals surface area contributed by atoms with Gasteiger partial charge in [0.05, 0.1) is 18.3 Å².